The predicted molar refractivity (Wildman–Crippen MR) is 92.5 cm³/mol. The van der Waals surface area contributed by atoms with Gasteiger partial charge >= 0.3 is 5.97 Å². The molecule has 0 heterocycles. The van der Waals surface area contributed by atoms with Gasteiger partial charge in [-0.05, 0) is 31.0 Å². The molecule has 0 fully saturated rings. The Labute approximate surface area is 148 Å². The fraction of sp³-hybridized carbons (Fsp3) is 0.556. The standard InChI is InChI=1S/C18H27NO6/c1-14-4-5-15(2)16(12-14)25-13-17(21)19(7-6-18(22)23-3)8-10-24-11-9-20/h4-5,12,20H,6-11,13H2,1-3H3. The van der Waals surface area contributed by atoms with Crippen molar-refractivity contribution < 1.29 is 28.9 Å². The second-order valence-corrected chi connectivity index (χ2v) is 5.60. The molecule has 0 atom stereocenters. The van der Waals surface area contributed by atoms with Gasteiger partial charge in [-0.1, -0.05) is 12.1 Å². The smallest absolute Gasteiger partial charge is 0.307 e. The van der Waals surface area contributed by atoms with Crippen LogP contribution in [0.2, 0.25) is 0 Å². The van der Waals surface area contributed by atoms with E-state index in [-0.39, 0.29) is 51.3 Å². The molecule has 0 unspecified atom stereocenters. The van der Waals surface area contributed by atoms with Gasteiger partial charge in [0.1, 0.15) is 5.75 Å². The van der Waals surface area contributed by atoms with Crippen molar-refractivity contribution in [3.05, 3.63) is 29.3 Å². The molecule has 1 N–H and O–H groups in total. The highest BCUT2D eigenvalue weighted by atomic mass is 16.5. The van der Waals surface area contributed by atoms with Crippen molar-refractivity contribution in [2.45, 2.75) is 20.3 Å². The number of ether oxygens (including phenoxy) is 3. The van der Waals surface area contributed by atoms with Crippen molar-refractivity contribution in [1.29, 1.82) is 0 Å². The number of benzene rings is 1. The van der Waals surface area contributed by atoms with Crippen LogP contribution in [0.25, 0.3) is 0 Å². The number of methoxy groups -OCH3 is 1. The summed E-state index contributed by atoms with van der Waals surface area (Å²) in [5.41, 5.74) is 2.00. The maximum atomic E-state index is 12.4. The van der Waals surface area contributed by atoms with Gasteiger partial charge < -0.3 is 24.2 Å². The van der Waals surface area contributed by atoms with E-state index >= 15 is 0 Å². The lowest BCUT2D eigenvalue weighted by molar-refractivity contribution is -0.142. The molecule has 0 aromatic heterocycles. The maximum absolute atomic E-state index is 12.4. The third-order valence-electron chi connectivity index (χ3n) is 3.60. The van der Waals surface area contributed by atoms with Crippen LogP contribution in [0.3, 0.4) is 0 Å². The number of rotatable bonds is 11. The molecule has 0 bridgehead atoms. The Kier molecular flexibility index (Phi) is 9.57. The maximum Gasteiger partial charge on any atom is 0.307 e. The molecule has 1 rings (SSSR count). The molecule has 7 nitrogen and oxygen atoms in total. The molecule has 0 saturated carbocycles. The topological polar surface area (TPSA) is 85.3 Å². The average molecular weight is 353 g/mol. The largest absolute Gasteiger partial charge is 0.483 e. The minimum atomic E-state index is -0.385. The van der Waals surface area contributed by atoms with Crippen LogP contribution >= 0.6 is 0 Å². The molecule has 7 heteroatoms. The minimum Gasteiger partial charge on any atom is -0.483 e. The van der Waals surface area contributed by atoms with Gasteiger partial charge in [-0.2, -0.15) is 0 Å². The normalized spacial score (nSPS) is 10.4. The SMILES string of the molecule is COC(=O)CCN(CCOCCO)C(=O)COc1cc(C)ccc1C. The number of aliphatic hydroxyl groups is 1. The zero-order chi connectivity index (χ0) is 18.7. The Morgan fingerprint density at radius 1 is 1.16 bits per heavy atom. The summed E-state index contributed by atoms with van der Waals surface area (Å²) >= 11 is 0. The Morgan fingerprint density at radius 3 is 2.60 bits per heavy atom. The van der Waals surface area contributed by atoms with Crippen LogP contribution in [0.1, 0.15) is 17.5 Å². The molecule has 25 heavy (non-hydrogen) atoms. The highest BCUT2D eigenvalue weighted by Gasteiger charge is 2.16. The average Bonchev–Trinajstić information content (AvgIpc) is 2.61. The Balaban J connectivity index is 2.59. The van der Waals surface area contributed by atoms with Gasteiger partial charge in [0.15, 0.2) is 6.61 Å². The molecule has 0 saturated heterocycles. The highest BCUT2D eigenvalue weighted by Crippen LogP contribution is 2.19. The van der Waals surface area contributed by atoms with E-state index in [0.29, 0.717) is 12.3 Å². The number of aliphatic hydroxyl groups excluding tert-OH is 1. The summed E-state index contributed by atoms with van der Waals surface area (Å²) in [6, 6.07) is 5.80. The Hall–Kier alpha value is -2.12. The molecule has 140 valence electrons. The van der Waals surface area contributed by atoms with E-state index in [1.165, 1.54) is 12.0 Å². The van der Waals surface area contributed by atoms with Gasteiger partial charge in [0, 0.05) is 13.1 Å². The first-order valence-corrected chi connectivity index (χ1v) is 8.21. The van der Waals surface area contributed by atoms with E-state index in [0.717, 1.165) is 11.1 Å². The summed E-state index contributed by atoms with van der Waals surface area (Å²) in [6.07, 6.45) is 0.103. The molecule has 0 aliphatic rings. The summed E-state index contributed by atoms with van der Waals surface area (Å²) in [6.45, 7) is 4.69. The number of amides is 1. The van der Waals surface area contributed by atoms with Gasteiger partial charge in [0.2, 0.25) is 0 Å². The Bertz CT molecular complexity index is 560. The quantitative estimate of drug-likeness (QED) is 0.473. The van der Waals surface area contributed by atoms with Crippen LogP contribution in [-0.4, -0.2) is 68.5 Å². The summed E-state index contributed by atoms with van der Waals surface area (Å²) < 4.78 is 15.4. The van der Waals surface area contributed by atoms with Crippen molar-refractivity contribution in [2.24, 2.45) is 0 Å². The van der Waals surface area contributed by atoms with Crippen LogP contribution in [0, 0.1) is 13.8 Å². The number of carbonyl (C=O) groups is 2. The van der Waals surface area contributed by atoms with E-state index in [4.69, 9.17) is 14.6 Å². The van der Waals surface area contributed by atoms with E-state index in [2.05, 4.69) is 4.74 Å². The number of hydrogen-bond donors (Lipinski definition) is 1. The fourth-order valence-electron chi connectivity index (χ4n) is 2.12. The second kappa shape index (κ2) is 11.4. The first-order chi connectivity index (χ1) is 12.0. The van der Waals surface area contributed by atoms with Crippen molar-refractivity contribution in [2.75, 3.05) is 46.6 Å². The molecule has 1 amide bonds. The molecular formula is C18H27NO6. The van der Waals surface area contributed by atoms with Crippen molar-refractivity contribution >= 4 is 11.9 Å². The van der Waals surface area contributed by atoms with Crippen LogP contribution < -0.4 is 4.74 Å². The van der Waals surface area contributed by atoms with Crippen LogP contribution in [0.15, 0.2) is 18.2 Å². The molecule has 1 aromatic rings. The molecule has 0 spiro atoms. The number of esters is 1. The Morgan fingerprint density at radius 2 is 1.92 bits per heavy atom. The van der Waals surface area contributed by atoms with Gasteiger partial charge in [-0.25, -0.2) is 0 Å². The molecule has 0 radical (unpaired) electrons. The van der Waals surface area contributed by atoms with E-state index < -0.39 is 0 Å². The number of nitrogens with zero attached hydrogens (tertiary/aromatic N) is 1. The predicted octanol–water partition coefficient (Wildman–Crippen LogP) is 1.08. The van der Waals surface area contributed by atoms with Crippen molar-refractivity contribution in [3.63, 3.8) is 0 Å². The van der Waals surface area contributed by atoms with Gasteiger partial charge in [0.05, 0.1) is 33.4 Å². The molecular weight excluding hydrogens is 326 g/mol. The summed E-state index contributed by atoms with van der Waals surface area (Å²) in [7, 11) is 1.31. The summed E-state index contributed by atoms with van der Waals surface area (Å²) in [4.78, 5) is 25.2. The van der Waals surface area contributed by atoms with Crippen LogP contribution in [-0.2, 0) is 19.1 Å². The monoisotopic (exact) mass is 353 g/mol. The van der Waals surface area contributed by atoms with Gasteiger partial charge in [0.25, 0.3) is 5.91 Å². The van der Waals surface area contributed by atoms with Crippen molar-refractivity contribution in [1.82, 2.24) is 4.90 Å². The van der Waals surface area contributed by atoms with E-state index in [1.807, 2.05) is 32.0 Å². The minimum absolute atomic E-state index is 0.0775. The third kappa shape index (κ3) is 8.00. The second-order valence-electron chi connectivity index (χ2n) is 5.60. The zero-order valence-corrected chi connectivity index (χ0v) is 15.1. The van der Waals surface area contributed by atoms with Crippen LogP contribution in [0.4, 0.5) is 0 Å². The molecule has 1 aromatic carbocycles. The molecule has 0 aliphatic carbocycles. The summed E-state index contributed by atoms with van der Waals surface area (Å²) in [5.74, 6) is 0.0414. The lowest BCUT2D eigenvalue weighted by Gasteiger charge is -2.22. The van der Waals surface area contributed by atoms with E-state index in [1.54, 1.807) is 0 Å². The van der Waals surface area contributed by atoms with Crippen molar-refractivity contribution in [3.8, 4) is 5.75 Å². The highest BCUT2D eigenvalue weighted by molar-refractivity contribution is 5.78. The van der Waals surface area contributed by atoms with Crippen LogP contribution in [0.5, 0.6) is 5.75 Å². The third-order valence-corrected chi connectivity index (χ3v) is 3.60. The first kappa shape index (κ1) is 20.9. The van der Waals surface area contributed by atoms with Gasteiger partial charge in [-0.15, -0.1) is 0 Å². The molecule has 0 aliphatic heterocycles. The zero-order valence-electron chi connectivity index (χ0n) is 15.1. The number of hydrogen-bond acceptors (Lipinski definition) is 6. The lowest BCUT2D eigenvalue weighted by Crippen LogP contribution is -2.39. The lowest BCUT2D eigenvalue weighted by atomic mass is 10.1. The van der Waals surface area contributed by atoms with E-state index in [9.17, 15) is 9.59 Å². The summed E-state index contributed by atoms with van der Waals surface area (Å²) in [5, 5.41) is 8.72. The first-order valence-electron chi connectivity index (χ1n) is 8.21. The van der Waals surface area contributed by atoms with Gasteiger partial charge in [-0.3, -0.25) is 9.59 Å². The number of aryl methyl sites for hydroxylation is 2. The number of carbonyl (C=O) groups excluding carboxylic acids is 2. The fourth-order valence-corrected chi connectivity index (χ4v) is 2.12.